The molecule has 2 aromatic carbocycles. The molecule has 3 rings (SSSR count). The summed E-state index contributed by atoms with van der Waals surface area (Å²) >= 11 is 6.96. The summed E-state index contributed by atoms with van der Waals surface area (Å²) in [6, 6.07) is 14.8. The first-order valence-corrected chi connectivity index (χ1v) is 8.05. The quantitative estimate of drug-likeness (QED) is 0.539. The molecule has 0 amide bonds. The molecule has 21 heavy (non-hydrogen) atoms. The van der Waals surface area contributed by atoms with Crippen molar-refractivity contribution in [1.82, 2.24) is 9.78 Å². The van der Waals surface area contributed by atoms with Crippen molar-refractivity contribution < 1.29 is 4.39 Å². The first-order chi connectivity index (χ1) is 10.2. The first-order valence-electron chi connectivity index (χ1n) is 6.35. The molecule has 0 radical (unpaired) electrons. The average molecular weight is 410 g/mol. The molecule has 0 spiro atoms. The predicted molar refractivity (Wildman–Crippen MR) is 88.4 cm³/mol. The Kier molecular flexibility index (Phi) is 4.22. The summed E-state index contributed by atoms with van der Waals surface area (Å²) in [7, 11) is 0. The standard InChI is InChI=1S/C16H11Br2FN2/c17-13-7-4-8-14(19)15(13)16(18)11-9-20-21(10-11)12-5-2-1-3-6-12/h1-10,16H. The Morgan fingerprint density at radius 1 is 1.05 bits per heavy atom. The Labute approximate surface area is 138 Å². The Balaban J connectivity index is 1.97. The summed E-state index contributed by atoms with van der Waals surface area (Å²) in [5.74, 6) is -0.251. The van der Waals surface area contributed by atoms with Crippen molar-refractivity contribution in [3.05, 3.63) is 82.3 Å². The van der Waals surface area contributed by atoms with E-state index in [9.17, 15) is 4.39 Å². The number of rotatable bonds is 3. The minimum atomic E-state index is -0.259. The number of benzene rings is 2. The number of alkyl halides is 1. The van der Waals surface area contributed by atoms with Gasteiger partial charge in [-0.3, -0.25) is 0 Å². The third kappa shape index (κ3) is 2.94. The molecule has 1 unspecified atom stereocenters. The number of hydrogen-bond donors (Lipinski definition) is 0. The lowest BCUT2D eigenvalue weighted by atomic mass is 10.1. The van der Waals surface area contributed by atoms with Gasteiger partial charge in [0.25, 0.3) is 0 Å². The van der Waals surface area contributed by atoms with Crippen LogP contribution in [0.25, 0.3) is 5.69 Å². The zero-order valence-electron chi connectivity index (χ0n) is 10.9. The zero-order valence-corrected chi connectivity index (χ0v) is 14.1. The number of hydrogen-bond acceptors (Lipinski definition) is 1. The van der Waals surface area contributed by atoms with Crippen LogP contribution in [-0.4, -0.2) is 9.78 Å². The number of aromatic nitrogens is 2. The van der Waals surface area contributed by atoms with Gasteiger partial charge >= 0.3 is 0 Å². The highest BCUT2D eigenvalue weighted by molar-refractivity contribution is 9.11. The van der Waals surface area contributed by atoms with Gasteiger partial charge in [-0.2, -0.15) is 5.10 Å². The fourth-order valence-electron chi connectivity index (χ4n) is 2.11. The molecule has 1 atom stereocenters. The summed E-state index contributed by atoms with van der Waals surface area (Å²) in [5.41, 5.74) is 2.44. The lowest BCUT2D eigenvalue weighted by molar-refractivity contribution is 0.612. The Morgan fingerprint density at radius 3 is 2.52 bits per heavy atom. The highest BCUT2D eigenvalue weighted by Gasteiger charge is 2.19. The topological polar surface area (TPSA) is 17.8 Å². The minimum Gasteiger partial charge on any atom is -0.241 e. The third-order valence-electron chi connectivity index (χ3n) is 3.17. The molecule has 0 aliphatic rings. The summed E-state index contributed by atoms with van der Waals surface area (Å²) in [5, 5.41) is 4.34. The first kappa shape index (κ1) is 14.5. The summed E-state index contributed by atoms with van der Waals surface area (Å²) < 4.78 is 16.5. The molecule has 3 aromatic rings. The van der Waals surface area contributed by atoms with Gasteiger partial charge in [0.2, 0.25) is 0 Å². The van der Waals surface area contributed by atoms with E-state index in [0.29, 0.717) is 5.56 Å². The second-order valence-electron chi connectivity index (χ2n) is 4.55. The van der Waals surface area contributed by atoms with Crippen LogP contribution in [0.15, 0.2) is 65.4 Å². The van der Waals surface area contributed by atoms with E-state index in [2.05, 4.69) is 37.0 Å². The van der Waals surface area contributed by atoms with Crippen molar-refractivity contribution in [3.8, 4) is 5.69 Å². The Hall–Kier alpha value is -1.46. The molecule has 0 saturated carbocycles. The van der Waals surface area contributed by atoms with E-state index >= 15 is 0 Å². The fraction of sp³-hybridized carbons (Fsp3) is 0.0625. The number of nitrogens with zero attached hydrogens (tertiary/aromatic N) is 2. The largest absolute Gasteiger partial charge is 0.241 e. The molecule has 2 nitrogen and oxygen atoms in total. The van der Waals surface area contributed by atoms with Crippen LogP contribution >= 0.6 is 31.9 Å². The minimum absolute atomic E-state index is 0.251. The van der Waals surface area contributed by atoms with Gasteiger partial charge in [-0.15, -0.1) is 0 Å². The number of para-hydroxylation sites is 1. The molecule has 5 heteroatoms. The fourth-order valence-corrected chi connectivity index (χ4v) is 3.69. The van der Waals surface area contributed by atoms with Gasteiger partial charge in [0.05, 0.1) is 16.7 Å². The van der Waals surface area contributed by atoms with Crippen molar-refractivity contribution in [2.24, 2.45) is 0 Å². The number of halogens is 3. The lowest BCUT2D eigenvalue weighted by Gasteiger charge is -2.11. The van der Waals surface area contributed by atoms with Gasteiger partial charge < -0.3 is 0 Å². The van der Waals surface area contributed by atoms with Gasteiger partial charge in [0.15, 0.2) is 0 Å². The Morgan fingerprint density at radius 2 is 1.81 bits per heavy atom. The maximum Gasteiger partial charge on any atom is 0.129 e. The van der Waals surface area contributed by atoms with Crippen molar-refractivity contribution in [1.29, 1.82) is 0 Å². The Bertz CT molecular complexity index is 736. The van der Waals surface area contributed by atoms with Crippen molar-refractivity contribution >= 4 is 31.9 Å². The summed E-state index contributed by atoms with van der Waals surface area (Å²) in [6.45, 7) is 0. The average Bonchev–Trinajstić information content (AvgIpc) is 2.97. The van der Waals surface area contributed by atoms with Crippen LogP contribution in [0.5, 0.6) is 0 Å². The molecule has 0 fully saturated rings. The van der Waals surface area contributed by atoms with Crippen LogP contribution < -0.4 is 0 Å². The molecule has 0 aliphatic heterocycles. The van der Waals surface area contributed by atoms with Crippen LogP contribution in [0.4, 0.5) is 4.39 Å². The van der Waals surface area contributed by atoms with Gasteiger partial charge in [0, 0.05) is 21.8 Å². The van der Waals surface area contributed by atoms with Crippen molar-refractivity contribution in [2.75, 3.05) is 0 Å². The molecule has 1 aromatic heterocycles. The molecule has 0 bridgehead atoms. The van der Waals surface area contributed by atoms with Crippen LogP contribution in [-0.2, 0) is 0 Å². The maximum absolute atomic E-state index is 14.0. The van der Waals surface area contributed by atoms with E-state index in [4.69, 9.17) is 0 Å². The lowest BCUT2D eigenvalue weighted by Crippen LogP contribution is -1.97. The molecule has 0 aliphatic carbocycles. The maximum atomic E-state index is 14.0. The highest BCUT2D eigenvalue weighted by Crippen LogP contribution is 2.36. The van der Waals surface area contributed by atoms with Gasteiger partial charge in [-0.1, -0.05) is 56.1 Å². The second kappa shape index (κ2) is 6.12. The normalized spacial score (nSPS) is 12.3. The molecule has 0 saturated heterocycles. The van der Waals surface area contributed by atoms with Gasteiger partial charge in [-0.05, 0) is 24.3 Å². The molecule has 0 N–H and O–H groups in total. The second-order valence-corrected chi connectivity index (χ2v) is 6.32. The smallest absolute Gasteiger partial charge is 0.129 e. The molecule has 1 heterocycles. The van der Waals surface area contributed by atoms with Gasteiger partial charge in [-0.25, -0.2) is 9.07 Å². The third-order valence-corrected chi connectivity index (χ3v) is 4.85. The van der Waals surface area contributed by atoms with E-state index < -0.39 is 0 Å². The predicted octanol–water partition coefficient (Wildman–Crippen LogP) is 5.26. The van der Waals surface area contributed by atoms with Crippen LogP contribution in [0.2, 0.25) is 0 Å². The molecular formula is C16H11Br2FN2. The van der Waals surface area contributed by atoms with Crippen LogP contribution in [0, 0.1) is 5.82 Å². The molecule has 106 valence electrons. The van der Waals surface area contributed by atoms with Crippen molar-refractivity contribution in [3.63, 3.8) is 0 Å². The summed E-state index contributed by atoms with van der Waals surface area (Å²) in [4.78, 5) is -0.259. The summed E-state index contributed by atoms with van der Waals surface area (Å²) in [6.07, 6.45) is 3.64. The van der Waals surface area contributed by atoms with Gasteiger partial charge in [0.1, 0.15) is 5.82 Å². The molecular weight excluding hydrogens is 399 g/mol. The highest BCUT2D eigenvalue weighted by atomic mass is 79.9. The van der Waals surface area contributed by atoms with Crippen molar-refractivity contribution in [2.45, 2.75) is 4.83 Å². The van der Waals surface area contributed by atoms with Crippen LogP contribution in [0.3, 0.4) is 0 Å². The SMILES string of the molecule is Fc1cccc(Br)c1C(Br)c1cnn(-c2ccccc2)c1. The zero-order chi connectivity index (χ0) is 14.8. The van der Waals surface area contributed by atoms with E-state index in [1.807, 2.05) is 42.6 Å². The van der Waals surface area contributed by atoms with E-state index in [0.717, 1.165) is 15.7 Å². The van der Waals surface area contributed by atoms with E-state index in [1.54, 1.807) is 16.9 Å². The van der Waals surface area contributed by atoms with E-state index in [1.165, 1.54) is 6.07 Å². The monoisotopic (exact) mass is 408 g/mol. The van der Waals surface area contributed by atoms with E-state index in [-0.39, 0.29) is 10.6 Å². The van der Waals surface area contributed by atoms with Crippen LogP contribution in [0.1, 0.15) is 16.0 Å².